The maximum absolute atomic E-state index is 13.5. The van der Waals surface area contributed by atoms with E-state index in [2.05, 4.69) is 10.1 Å². The van der Waals surface area contributed by atoms with Gasteiger partial charge in [0.1, 0.15) is 5.82 Å². The van der Waals surface area contributed by atoms with Gasteiger partial charge in [0, 0.05) is 37.8 Å². The molecule has 0 aliphatic carbocycles. The predicted molar refractivity (Wildman–Crippen MR) is 114 cm³/mol. The zero-order valence-corrected chi connectivity index (χ0v) is 19.1. The van der Waals surface area contributed by atoms with Gasteiger partial charge in [-0.25, -0.2) is 22.7 Å². The van der Waals surface area contributed by atoms with Crippen molar-refractivity contribution in [3.8, 4) is 11.3 Å². The Morgan fingerprint density at radius 3 is 2.52 bits per heavy atom. The Kier molecular flexibility index (Phi) is 6.11. The lowest BCUT2D eigenvalue weighted by Crippen LogP contribution is -2.46. The van der Waals surface area contributed by atoms with Crippen molar-refractivity contribution in [1.29, 1.82) is 0 Å². The molecule has 2 aromatic rings. The third-order valence-corrected chi connectivity index (χ3v) is 7.51. The van der Waals surface area contributed by atoms with Gasteiger partial charge in [-0.15, -0.1) is 0 Å². The van der Waals surface area contributed by atoms with Gasteiger partial charge in [-0.05, 0) is 46.0 Å². The van der Waals surface area contributed by atoms with Crippen LogP contribution < -0.4 is 0 Å². The average molecular weight is 448 g/mol. The Balaban J connectivity index is 1.60. The van der Waals surface area contributed by atoms with E-state index in [0.29, 0.717) is 44.1 Å². The first-order valence-electron chi connectivity index (χ1n) is 10.8. The molecule has 0 bridgehead atoms. The molecule has 9 nitrogen and oxygen atoms in total. The summed E-state index contributed by atoms with van der Waals surface area (Å²) in [5.74, 6) is 1.17. The van der Waals surface area contributed by atoms with Gasteiger partial charge in [0.15, 0.2) is 5.76 Å². The number of aryl methyl sites for hydroxylation is 2. The van der Waals surface area contributed by atoms with Crippen LogP contribution in [0.3, 0.4) is 0 Å². The highest BCUT2D eigenvalue weighted by Gasteiger charge is 2.37. The van der Waals surface area contributed by atoms with Crippen LogP contribution >= 0.6 is 0 Å². The minimum absolute atomic E-state index is 0.0915. The molecule has 2 aliphatic heterocycles. The Labute approximate surface area is 182 Å². The van der Waals surface area contributed by atoms with Crippen molar-refractivity contribution >= 4 is 15.9 Å². The summed E-state index contributed by atoms with van der Waals surface area (Å²) in [6.45, 7) is 5.16. The number of rotatable bonds is 4. The molecule has 0 spiro atoms. The van der Waals surface area contributed by atoms with E-state index >= 15 is 0 Å². The fourth-order valence-corrected chi connectivity index (χ4v) is 5.44. The number of likely N-dealkylation sites (tertiary alicyclic amines) is 1. The van der Waals surface area contributed by atoms with E-state index in [4.69, 9.17) is 9.51 Å². The molecule has 2 aliphatic rings. The van der Waals surface area contributed by atoms with Crippen LogP contribution in [0.2, 0.25) is 0 Å². The number of carbonyl (C=O) groups excluding carboxylic acids is 1. The molecular weight excluding hydrogens is 418 g/mol. The second kappa shape index (κ2) is 8.66. The lowest BCUT2D eigenvalue weighted by Gasteiger charge is -2.39. The normalized spacial score (nSPS) is 21.4. The molecule has 168 valence electrons. The van der Waals surface area contributed by atoms with E-state index in [9.17, 15) is 13.2 Å². The zero-order chi connectivity index (χ0) is 22.2. The summed E-state index contributed by atoms with van der Waals surface area (Å²) >= 11 is 0. The number of sulfonamides is 1. The number of piperidine rings is 2. The van der Waals surface area contributed by atoms with Crippen molar-refractivity contribution in [2.45, 2.75) is 52.0 Å². The Morgan fingerprint density at radius 2 is 1.87 bits per heavy atom. The molecule has 2 fully saturated rings. The smallest absolute Gasteiger partial charge is 0.226 e. The first-order chi connectivity index (χ1) is 14.7. The highest BCUT2D eigenvalue weighted by atomic mass is 32.2. The summed E-state index contributed by atoms with van der Waals surface area (Å²) in [4.78, 5) is 24.5. The molecule has 0 N–H and O–H groups in total. The lowest BCUT2D eigenvalue weighted by molar-refractivity contribution is -0.140. The van der Waals surface area contributed by atoms with E-state index in [1.165, 1.54) is 10.6 Å². The zero-order valence-electron chi connectivity index (χ0n) is 18.2. The van der Waals surface area contributed by atoms with Crippen molar-refractivity contribution in [2.75, 3.05) is 25.9 Å². The van der Waals surface area contributed by atoms with E-state index in [1.807, 2.05) is 24.8 Å². The molecule has 1 unspecified atom stereocenters. The van der Waals surface area contributed by atoms with E-state index in [-0.39, 0.29) is 17.9 Å². The molecule has 4 rings (SSSR count). The fourth-order valence-electron chi connectivity index (χ4n) is 4.57. The Morgan fingerprint density at radius 1 is 1.13 bits per heavy atom. The molecule has 4 heterocycles. The Hall–Kier alpha value is -2.33. The topological polar surface area (TPSA) is 110 Å². The fraction of sp³-hybridized carbons (Fsp3) is 0.619. The lowest BCUT2D eigenvalue weighted by atomic mass is 9.91. The van der Waals surface area contributed by atoms with Gasteiger partial charge in [0.05, 0.1) is 29.2 Å². The third-order valence-electron chi connectivity index (χ3n) is 6.21. The number of hydrogen-bond acceptors (Lipinski definition) is 7. The molecular formula is C21H29N5O4S. The molecule has 2 aromatic heterocycles. The van der Waals surface area contributed by atoms with Crippen molar-refractivity contribution in [2.24, 2.45) is 5.92 Å². The number of aromatic nitrogens is 3. The van der Waals surface area contributed by atoms with Crippen molar-refractivity contribution in [1.82, 2.24) is 24.3 Å². The van der Waals surface area contributed by atoms with Crippen LogP contribution in [0.5, 0.6) is 0 Å². The number of nitrogens with zero attached hydrogens (tertiary/aromatic N) is 5. The van der Waals surface area contributed by atoms with Crippen LogP contribution in [0.25, 0.3) is 11.3 Å². The summed E-state index contributed by atoms with van der Waals surface area (Å²) in [6, 6.07) is 1.70. The molecule has 2 saturated heterocycles. The molecule has 0 aromatic carbocycles. The van der Waals surface area contributed by atoms with Gasteiger partial charge < -0.3 is 9.42 Å². The molecule has 1 amide bonds. The first kappa shape index (κ1) is 21.9. The van der Waals surface area contributed by atoms with Gasteiger partial charge in [0.25, 0.3) is 0 Å². The number of carbonyl (C=O) groups is 1. The quantitative estimate of drug-likeness (QED) is 0.708. The molecule has 1 atom stereocenters. The van der Waals surface area contributed by atoms with Crippen molar-refractivity contribution < 1.29 is 17.7 Å². The number of amides is 1. The Bertz CT molecular complexity index is 1060. The van der Waals surface area contributed by atoms with Gasteiger partial charge in [-0.2, -0.15) is 0 Å². The average Bonchev–Trinajstić information content (AvgIpc) is 3.18. The summed E-state index contributed by atoms with van der Waals surface area (Å²) in [6.07, 6.45) is 6.85. The van der Waals surface area contributed by atoms with Crippen LogP contribution in [0, 0.1) is 19.8 Å². The van der Waals surface area contributed by atoms with Crippen LogP contribution in [-0.2, 0) is 14.8 Å². The SMILES string of the molecule is Cc1cc(-c2cnc(C)nc2C2CCCCN2C(=O)C2CCN(S(C)(=O)=O)CC2)on1. The summed E-state index contributed by atoms with van der Waals surface area (Å²) in [5.41, 5.74) is 2.34. The summed E-state index contributed by atoms with van der Waals surface area (Å²) in [5, 5.41) is 3.99. The largest absolute Gasteiger partial charge is 0.356 e. The highest BCUT2D eigenvalue weighted by Crippen LogP contribution is 2.37. The maximum atomic E-state index is 13.5. The van der Waals surface area contributed by atoms with E-state index in [1.54, 1.807) is 6.20 Å². The maximum Gasteiger partial charge on any atom is 0.226 e. The minimum atomic E-state index is -3.22. The standard InChI is InChI=1S/C21H29N5O4S/c1-14-12-19(30-24-14)17-13-22-15(2)23-20(17)18-6-4-5-9-26(18)21(27)16-7-10-25(11-8-16)31(3,28)29/h12-13,16,18H,4-11H2,1-3H3. The summed E-state index contributed by atoms with van der Waals surface area (Å²) in [7, 11) is -3.22. The predicted octanol–water partition coefficient (Wildman–Crippen LogP) is 2.47. The third kappa shape index (κ3) is 4.64. The first-order valence-corrected chi connectivity index (χ1v) is 12.6. The van der Waals surface area contributed by atoms with Crippen LogP contribution in [0.1, 0.15) is 55.4 Å². The van der Waals surface area contributed by atoms with Crippen molar-refractivity contribution in [3.63, 3.8) is 0 Å². The van der Waals surface area contributed by atoms with Crippen molar-refractivity contribution in [3.05, 3.63) is 29.5 Å². The van der Waals surface area contributed by atoms with Crippen LogP contribution in [0.4, 0.5) is 0 Å². The highest BCUT2D eigenvalue weighted by molar-refractivity contribution is 7.88. The van der Waals surface area contributed by atoms with Gasteiger partial charge in [-0.3, -0.25) is 4.79 Å². The summed E-state index contributed by atoms with van der Waals surface area (Å²) < 4.78 is 30.6. The second-order valence-corrected chi connectivity index (χ2v) is 10.5. The van der Waals surface area contributed by atoms with Gasteiger partial charge >= 0.3 is 0 Å². The second-order valence-electron chi connectivity index (χ2n) is 8.53. The van der Waals surface area contributed by atoms with Crippen LogP contribution in [-0.4, -0.2) is 64.5 Å². The molecule has 0 saturated carbocycles. The monoisotopic (exact) mass is 447 g/mol. The minimum Gasteiger partial charge on any atom is -0.356 e. The van der Waals surface area contributed by atoms with Gasteiger partial charge in [-0.1, -0.05) is 5.16 Å². The molecule has 0 radical (unpaired) electrons. The molecule has 10 heteroatoms. The van der Waals surface area contributed by atoms with E-state index < -0.39 is 10.0 Å². The molecule has 31 heavy (non-hydrogen) atoms. The van der Waals surface area contributed by atoms with Crippen LogP contribution in [0.15, 0.2) is 16.8 Å². The van der Waals surface area contributed by atoms with Gasteiger partial charge in [0.2, 0.25) is 15.9 Å². The number of hydrogen-bond donors (Lipinski definition) is 0. The van der Waals surface area contributed by atoms with E-state index in [0.717, 1.165) is 36.2 Å².